The van der Waals surface area contributed by atoms with Crippen LogP contribution in [0.5, 0.6) is 0 Å². The van der Waals surface area contributed by atoms with Gasteiger partial charge in [-0.25, -0.2) is 18.9 Å². The Morgan fingerprint density at radius 3 is 2.67 bits per heavy atom. The van der Waals surface area contributed by atoms with E-state index in [1.807, 2.05) is 37.3 Å². The summed E-state index contributed by atoms with van der Waals surface area (Å²) in [5, 5.41) is 4.35. The van der Waals surface area contributed by atoms with Crippen LogP contribution < -0.4 is 11.4 Å². The van der Waals surface area contributed by atoms with Crippen LogP contribution in [-0.4, -0.2) is 19.2 Å². The smallest absolute Gasteiger partial charge is 0.353 e. The lowest BCUT2D eigenvalue weighted by molar-refractivity contribution is 0.582. The molecule has 0 aliphatic rings. The number of aryl methyl sites for hydroxylation is 1. The molecule has 21 heavy (non-hydrogen) atoms. The van der Waals surface area contributed by atoms with E-state index < -0.39 is 0 Å². The number of rotatable bonds is 3. The molecule has 0 spiro atoms. The molecule has 0 radical (unpaired) electrons. The Balaban J connectivity index is 2.32. The molecule has 0 saturated heterocycles. The fourth-order valence-corrected chi connectivity index (χ4v) is 2.79. The number of nitrogen functional groups attached to an aromatic ring is 1. The number of hydrogen-bond donors (Lipinski definition) is 1. The average molecular weight is 348 g/mol. The van der Waals surface area contributed by atoms with Gasteiger partial charge in [-0.1, -0.05) is 37.3 Å². The van der Waals surface area contributed by atoms with E-state index in [0.717, 1.165) is 12.0 Å². The van der Waals surface area contributed by atoms with Crippen molar-refractivity contribution in [2.24, 2.45) is 0 Å². The summed E-state index contributed by atoms with van der Waals surface area (Å²) in [5.74, 6) is 0.138. The van der Waals surface area contributed by atoms with Gasteiger partial charge in [-0.2, -0.15) is 0 Å². The Bertz CT molecular complexity index is 853. The molecule has 0 bridgehead atoms. The molecule has 0 fully saturated rings. The SMILES string of the molecule is CCCn1nc2c(Br)c(-c3ccccc3)nc(N)n2c1=O. The predicted octanol–water partition coefficient (Wildman–Crippen LogP) is 2.31. The van der Waals surface area contributed by atoms with Gasteiger partial charge < -0.3 is 5.73 Å². The van der Waals surface area contributed by atoms with Crippen molar-refractivity contribution in [2.75, 3.05) is 5.73 Å². The minimum absolute atomic E-state index is 0.138. The first-order chi connectivity index (χ1) is 10.1. The van der Waals surface area contributed by atoms with Crippen molar-refractivity contribution in [2.45, 2.75) is 19.9 Å². The van der Waals surface area contributed by atoms with Crippen LogP contribution in [0, 0.1) is 0 Å². The third-order valence-corrected chi connectivity index (χ3v) is 3.91. The van der Waals surface area contributed by atoms with Gasteiger partial charge in [-0.3, -0.25) is 0 Å². The molecule has 0 atom stereocenters. The van der Waals surface area contributed by atoms with Crippen molar-refractivity contribution in [3.8, 4) is 11.3 Å². The zero-order valence-corrected chi connectivity index (χ0v) is 13.0. The molecule has 6 nitrogen and oxygen atoms in total. The topological polar surface area (TPSA) is 78.2 Å². The van der Waals surface area contributed by atoms with E-state index in [-0.39, 0.29) is 11.6 Å². The van der Waals surface area contributed by atoms with Gasteiger partial charge in [0.1, 0.15) is 0 Å². The van der Waals surface area contributed by atoms with Crippen LogP contribution in [-0.2, 0) is 6.54 Å². The Labute approximate surface area is 129 Å². The molecule has 1 aromatic carbocycles. The van der Waals surface area contributed by atoms with Crippen molar-refractivity contribution in [1.82, 2.24) is 19.2 Å². The molecular weight excluding hydrogens is 334 g/mol. The number of nitrogens with two attached hydrogens (primary N) is 1. The van der Waals surface area contributed by atoms with Crippen LogP contribution in [0.25, 0.3) is 16.9 Å². The minimum Gasteiger partial charge on any atom is -0.369 e. The fraction of sp³-hybridized carbons (Fsp3) is 0.214. The first kappa shape index (κ1) is 13.8. The van der Waals surface area contributed by atoms with Gasteiger partial charge in [-0.15, -0.1) is 5.10 Å². The van der Waals surface area contributed by atoms with E-state index in [0.29, 0.717) is 22.4 Å². The second-order valence-electron chi connectivity index (χ2n) is 4.66. The van der Waals surface area contributed by atoms with Gasteiger partial charge in [0.15, 0.2) is 5.65 Å². The normalized spacial score (nSPS) is 11.1. The molecule has 0 aliphatic heterocycles. The van der Waals surface area contributed by atoms with E-state index in [2.05, 4.69) is 26.0 Å². The zero-order chi connectivity index (χ0) is 15.0. The maximum atomic E-state index is 12.3. The summed E-state index contributed by atoms with van der Waals surface area (Å²) in [5.41, 5.74) is 7.76. The maximum absolute atomic E-state index is 12.3. The van der Waals surface area contributed by atoms with Gasteiger partial charge in [-0.05, 0) is 22.4 Å². The second-order valence-corrected chi connectivity index (χ2v) is 5.46. The fourth-order valence-electron chi connectivity index (χ4n) is 2.22. The lowest BCUT2D eigenvalue weighted by atomic mass is 10.1. The summed E-state index contributed by atoms with van der Waals surface area (Å²) < 4.78 is 3.40. The standard InChI is InChI=1S/C14H14BrN5O/c1-2-8-19-14(21)20-12(18-19)10(15)11(17-13(20)16)9-6-4-3-5-7-9/h3-7H,2,8H2,1H3,(H2,16,17). The summed E-state index contributed by atoms with van der Waals surface area (Å²) in [6.07, 6.45) is 0.820. The highest BCUT2D eigenvalue weighted by atomic mass is 79.9. The molecule has 3 rings (SSSR count). The molecule has 3 aromatic rings. The second kappa shape index (κ2) is 5.33. The summed E-state index contributed by atoms with van der Waals surface area (Å²) in [6, 6.07) is 9.64. The number of halogens is 1. The van der Waals surface area contributed by atoms with Gasteiger partial charge in [0.25, 0.3) is 0 Å². The summed E-state index contributed by atoms with van der Waals surface area (Å²) >= 11 is 3.50. The quantitative estimate of drug-likeness (QED) is 0.788. The van der Waals surface area contributed by atoms with Crippen molar-refractivity contribution < 1.29 is 0 Å². The van der Waals surface area contributed by atoms with Crippen LogP contribution in [0.4, 0.5) is 5.95 Å². The first-order valence-corrected chi connectivity index (χ1v) is 7.42. The lowest BCUT2D eigenvalue weighted by Gasteiger charge is -2.06. The third-order valence-electron chi connectivity index (χ3n) is 3.18. The van der Waals surface area contributed by atoms with E-state index in [4.69, 9.17) is 5.73 Å². The number of nitrogens with zero attached hydrogens (tertiary/aromatic N) is 4. The highest BCUT2D eigenvalue weighted by Crippen LogP contribution is 2.29. The zero-order valence-electron chi connectivity index (χ0n) is 11.5. The monoisotopic (exact) mass is 347 g/mol. The first-order valence-electron chi connectivity index (χ1n) is 6.63. The molecular formula is C14H14BrN5O. The molecule has 2 N–H and O–H groups in total. The molecule has 7 heteroatoms. The maximum Gasteiger partial charge on any atom is 0.353 e. The molecule has 0 unspecified atom stereocenters. The summed E-state index contributed by atoms with van der Waals surface area (Å²) in [7, 11) is 0. The van der Waals surface area contributed by atoms with Gasteiger partial charge >= 0.3 is 5.69 Å². The van der Waals surface area contributed by atoms with Crippen LogP contribution >= 0.6 is 15.9 Å². The van der Waals surface area contributed by atoms with Crippen molar-refractivity contribution >= 4 is 27.5 Å². The third kappa shape index (κ3) is 2.23. The number of fused-ring (bicyclic) bond motifs is 1. The predicted molar refractivity (Wildman–Crippen MR) is 85.1 cm³/mol. The molecule has 2 aromatic heterocycles. The summed E-state index contributed by atoms with van der Waals surface area (Å²) in [4.78, 5) is 16.6. The number of aromatic nitrogens is 4. The van der Waals surface area contributed by atoms with Crippen molar-refractivity contribution in [3.05, 3.63) is 45.3 Å². The lowest BCUT2D eigenvalue weighted by Crippen LogP contribution is -2.23. The van der Waals surface area contributed by atoms with E-state index in [9.17, 15) is 4.79 Å². The number of benzene rings is 1. The number of anilines is 1. The Morgan fingerprint density at radius 1 is 1.29 bits per heavy atom. The Hall–Kier alpha value is -2.15. The van der Waals surface area contributed by atoms with E-state index in [1.54, 1.807) is 0 Å². The van der Waals surface area contributed by atoms with Gasteiger partial charge in [0, 0.05) is 12.1 Å². The molecule has 2 heterocycles. The largest absolute Gasteiger partial charge is 0.369 e. The highest BCUT2D eigenvalue weighted by molar-refractivity contribution is 9.10. The number of hydrogen-bond acceptors (Lipinski definition) is 4. The average Bonchev–Trinajstić information content (AvgIpc) is 2.82. The van der Waals surface area contributed by atoms with Crippen LogP contribution in [0.3, 0.4) is 0 Å². The van der Waals surface area contributed by atoms with Gasteiger partial charge in [0.2, 0.25) is 5.95 Å². The van der Waals surface area contributed by atoms with Crippen LogP contribution in [0.1, 0.15) is 13.3 Å². The molecule has 0 amide bonds. The van der Waals surface area contributed by atoms with Crippen molar-refractivity contribution in [1.29, 1.82) is 0 Å². The van der Waals surface area contributed by atoms with E-state index >= 15 is 0 Å². The van der Waals surface area contributed by atoms with Gasteiger partial charge in [0.05, 0.1) is 10.2 Å². The minimum atomic E-state index is -0.267. The van der Waals surface area contributed by atoms with Crippen LogP contribution in [0.2, 0.25) is 0 Å². The highest BCUT2D eigenvalue weighted by Gasteiger charge is 2.17. The van der Waals surface area contributed by atoms with Crippen LogP contribution in [0.15, 0.2) is 39.6 Å². The Morgan fingerprint density at radius 2 is 2.00 bits per heavy atom. The summed E-state index contributed by atoms with van der Waals surface area (Å²) in [6.45, 7) is 2.54. The molecule has 0 aliphatic carbocycles. The van der Waals surface area contributed by atoms with E-state index in [1.165, 1.54) is 9.08 Å². The molecule has 108 valence electrons. The molecule has 0 saturated carbocycles. The Kier molecular flexibility index (Phi) is 3.50. The van der Waals surface area contributed by atoms with Crippen molar-refractivity contribution in [3.63, 3.8) is 0 Å².